The predicted molar refractivity (Wildman–Crippen MR) is 134 cm³/mol. The molecule has 0 radical (unpaired) electrons. The van der Waals surface area contributed by atoms with Crippen LogP contribution in [-0.4, -0.2) is 24.8 Å². The Hall–Kier alpha value is -2.49. The van der Waals surface area contributed by atoms with E-state index < -0.39 is 0 Å². The summed E-state index contributed by atoms with van der Waals surface area (Å²) in [5, 5.41) is 9.59. The van der Waals surface area contributed by atoms with Crippen LogP contribution in [0.25, 0.3) is 6.08 Å². The Kier molecular flexibility index (Phi) is 16.5. The first-order valence-corrected chi connectivity index (χ1v) is 12.2. The van der Waals surface area contributed by atoms with Crippen LogP contribution >= 0.6 is 0 Å². The van der Waals surface area contributed by atoms with Gasteiger partial charge in [0, 0.05) is 6.42 Å². The number of ether oxygens (including phenoxy) is 2. The van der Waals surface area contributed by atoms with E-state index in [1.54, 1.807) is 24.3 Å². The zero-order valence-electron chi connectivity index (χ0n) is 20.1. The first-order chi connectivity index (χ1) is 15.7. The minimum Gasteiger partial charge on any atom is -0.504 e. The largest absolute Gasteiger partial charge is 0.504 e. The van der Waals surface area contributed by atoms with Crippen LogP contribution in [0, 0.1) is 0 Å². The number of methoxy groups -OCH3 is 1. The Balaban J connectivity index is 1.97. The molecule has 1 N–H and O–H groups in total. The van der Waals surface area contributed by atoms with Crippen molar-refractivity contribution in [2.45, 2.75) is 84.0 Å². The van der Waals surface area contributed by atoms with E-state index in [9.17, 15) is 9.90 Å². The van der Waals surface area contributed by atoms with E-state index in [2.05, 4.69) is 31.2 Å². The number of aromatic hydroxyl groups is 1. The number of phenolic OH excluding ortho intramolecular Hbond substituents is 1. The van der Waals surface area contributed by atoms with Gasteiger partial charge in [-0.25, -0.2) is 0 Å². The normalized spacial score (nSPS) is 11.7. The molecule has 1 rings (SSSR count). The number of hydrogen-bond acceptors (Lipinski definition) is 4. The first kappa shape index (κ1) is 27.5. The summed E-state index contributed by atoms with van der Waals surface area (Å²) in [4.78, 5) is 11.8. The van der Waals surface area contributed by atoms with Gasteiger partial charge in [-0.3, -0.25) is 4.79 Å². The molecule has 0 atom stereocenters. The number of esters is 1. The Bertz CT molecular complexity index is 703. The van der Waals surface area contributed by atoms with Crippen LogP contribution in [0.5, 0.6) is 11.5 Å². The molecule has 0 heterocycles. The molecule has 0 aromatic heterocycles. The van der Waals surface area contributed by atoms with Crippen LogP contribution in [-0.2, 0) is 9.53 Å². The highest BCUT2D eigenvalue weighted by molar-refractivity contribution is 5.69. The molecule has 1 aromatic carbocycles. The molecule has 4 heteroatoms. The van der Waals surface area contributed by atoms with E-state index in [4.69, 9.17) is 9.47 Å². The van der Waals surface area contributed by atoms with Crippen molar-refractivity contribution < 1.29 is 19.4 Å². The first-order valence-electron chi connectivity index (χ1n) is 12.2. The van der Waals surface area contributed by atoms with Crippen molar-refractivity contribution in [2.24, 2.45) is 0 Å². The molecule has 178 valence electrons. The molecule has 4 nitrogen and oxygen atoms in total. The Morgan fingerprint density at radius 2 is 1.59 bits per heavy atom. The average Bonchev–Trinajstić information content (AvgIpc) is 2.80. The monoisotopic (exact) mass is 442 g/mol. The van der Waals surface area contributed by atoms with Crippen LogP contribution in [0.3, 0.4) is 0 Å². The van der Waals surface area contributed by atoms with Crippen molar-refractivity contribution in [3.05, 3.63) is 54.1 Å². The summed E-state index contributed by atoms with van der Waals surface area (Å²) in [5.74, 6) is 0.377. The lowest BCUT2D eigenvalue weighted by atomic mass is 10.1. The second kappa shape index (κ2) is 19.2. The van der Waals surface area contributed by atoms with Gasteiger partial charge in [0.1, 0.15) is 6.61 Å². The van der Waals surface area contributed by atoms with Gasteiger partial charge < -0.3 is 14.6 Å². The molecule has 0 fully saturated rings. The number of hydrogen-bond donors (Lipinski definition) is 1. The number of benzene rings is 1. The fourth-order valence-corrected chi connectivity index (χ4v) is 3.28. The number of carbonyl (C=O) groups is 1. The maximum atomic E-state index is 11.8. The van der Waals surface area contributed by atoms with Gasteiger partial charge in [-0.05, 0) is 62.3 Å². The highest BCUT2D eigenvalue weighted by Crippen LogP contribution is 2.26. The lowest BCUT2D eigenvalue weighted by molar-refractivity contribution is -0.142. The van der Waals surface area contributed by atoms with Gasteiger partial charge in [-0.15, -0.1) is 0 Å². The van der Waals surface area contributed by atoms with Crippen LogP contribution in [0.15, 0.2) is 48.6 Å². The summed E-state index contributed by atoms with van der Waals surface area (Å²) < 4.78 is 10.3. The quantitative estimate of drug-likeness (QED) is 0.143. The number of carbonyl (C=O) groups excluding carboxylic acids is 1. The summed E-state index contributed by atoms with van der Waals surface area (Å²) in [6.45, 7) is 2.49. The number of rotatable bonds is 18. The van der Waals surface area contributed by atoms with Crippen LogP contribution in [0.1, 0.15) is 89.5 Å². The van der Waals surface area contributed by atoms with Crippen LogP contribution < -0.4 is 4.74 Å². The van der Waals surface area contributed by atoms with Gasteiger partial charge in [0.2, 0.25) is 0 Å². The lowest BCUT2D eigenvalue weighted by Gasteiger charge is -2.04. The van der Waals surface area contributed by atoms with Crippen molar-refractivity contribution in [1.82, 2.24) is 0 Å². The summed E-state index contributed by atoms with van der Waals surface area (Å²) in [6, 6.07) is 5.09. The van der Waals surface area contributed by atoms with Gasteiger partial charge in [-0.1, -0.05) is 75.5 Å². The molecule has 1 aromatic rings. The number of phenols is 1. The number of allylic oxidation sites excluding steroid dienone is 4. The zero-order valence-corrected chi connectivity index (χ0v) is 20.1. The third-order valence-corrected chi connectivity index (χ3v) is 5.19. The summed E-state index contributed by atoms with van der Waals surface area (Å²) in [6.07, 6.45) is 26.1. The third-order valence-electron chi connectivity index (χ3n) is 5.19. The molecule has 0 saturated heterocycles. The van der Waals surface area contributed by atoms with E-state index in [1.807, 2.05) is 6.08 Å². The molecule has 0 bridgehead atoms. The van der Waals surface area contributed by atoms with E-state index in [1.165, 1.54) is 52.1 Å². The molecule has 0 aliphatic rings. The van der Waals surface area contributed by atoms with Crippen molar-refractivity contribution in [1.29, 1.82) is 0 Å². The molecule has 0 amide bonds. The van der Waals surface area contributed by atoms with E-state index in [-0.39, 0.29) is 18.3 Å². The zero-order chi connectivity index (χ0) is 23.3. The second-order valence-electron chi connectivity index (χ2n) is 8.00. The van der Waals surface area contributed by atoms with Crippen LogP contribution in [0.4, 0.5) is 0 Å². The second-order valence-corrected chi connectivity index (χ2v) is 8.00. The Labute approximate surface area is 195 Å². The van der Waals surface area contributed by atoms with Gasteiger partial charge in [0.25, 0.3) is 0 Å². The molecule has 0 spiro atoms. The van der Waals surface area contributed by atoms with E-state index in [0.717, 1.165) is 31.2 Å². The van der Waals surface area contributed by atoms with Crippen molar-refractivity contribution in [3.63, 3.8) is 0 Å². The number of unbranched alkanes of at least 4 members (excludes halogenated alkanes) is 8. The van der Waals surface area contributed by atoms with Crippen molar-refractivity contribution >= 4 is 12.0 Å². The summed E-state index contributed by atoms with van der Waals surface area (Å²) in [5.41, 5.74) is 0.879. The molecule has 0 aliphatic heterocycles. The minimum absolute atomic E-state index is 0.105. The fraction of sp³-hybridized carbons (Fsp3) is 0.536. The van der Waals surface area contributed by atoms with Crippen LogP contribution in [0.2, 0.25) is 0 Å². The molecular formula is C28H42O4. The third kappa shape index (κ3) is 14.5. The standard InChI is InChI=1S/C28H42O4/c1-3-4-5-6-7-8-9-10-11-12-13-14-15-16-17-20-28(30)32-23-18-19-25-21-22-26(29)27(24-25)31-2/h7-8,10-11,18-19,21-22,24,29H,3-6,9,12-17,20,23H2,1-2H3. The maximum absolute atomic E-state index is 11.8. The highest BCUT2D eigenvalue weighted by atomic mass is 16.5. The molecule has 32 heavy (non-hydrogen) atoms. The fourth-order valence-electron chi connectivity index (χ4n) is 3.28. The molecular weight excluding hydrogens is 400 g/mol. The Morgan fingerprint density at radius 3 is 2.31 bits per heavy atom. The average molecular weight is 443 g/mol. The topological polar surface area (TPSA) is 55.8 Å². The predicted octanol–water partition coefficient (Wildman–Crippen LogP) is 7.77. The molecule has 0 aliphatic carbocycles. The highest BCUT2D eigenvalue weighted by Gasteiger charge is 2.02. The molecule has 0 unspecified atom stereocenters. The van der Waals surface area contributed by atoms with E-state index >= 15 is 0 Å². The lowest BCUT2D eigenvalue weighted by Crippen LogP contribution is -2.03. The van der Waals surface area contributed by atoms with Crippen molar-refractivity contribution in [2.75, 3.05) is 13.7 Å². The van der Waals surface area contributed by atoms with Gasteiger partial charge in [-0.2, -0.15) is 0 Å². The molecule has 0 saturated carbocycles. The Morgan fingerprint density at radius 1 is 0.906 bits per heavy atom. The van der Waals surface area contributed by atoms with Gasteiger partial charge >= 0.3 is 5.97 Å². The van der Waals surface area contributed by atoms with Gasteiger partial charge in [0.05, 0.1) is 7.11 Å². The smallest absolute Gasteiger partial charge is 0.306 e. The van der Waals surface area contributed by atoms with Gasteiger partial charge in [0.15, 0.2) is 11.5 Å². The van der Waals surface area contributed by atoms with E-state index in [0.29, 0.717) is 12.2 Å². The maximum Gasteiger partial charge on any atom is 0.306 e. The SMILES string of the molecule is CCCCCC=CCC=CCCCCCCCC(=O)OCC=Cc1ccc(O)c(OC)c1. The minimum atomic E-state index is -0.149. The summed E-state index contributed by atoms with van der Waals surface area (Å²) in [7, 11) is 1.51. The summed E-state index contributed by atoms with van der Waals surface area (Å²) >= 11 is 0. The van der Waals surface area contributed by atoms with Crippen molar-refractivity contribution in [3.8, 4) is 11.5 Å².